The summed E-state index contributed by atoms with van der Waals surface area (Å²) in [6.07, 6.45) is 3.54. The molecule has 2 aromatic heterocycles. The second-order valence-corrected chi connectivity index (χ2v) is 7.43. The standard InChI is InChI=1S/C21H22O6/c1-12(2)7-9-24-20-18-14(8-10-23-18)17(25-11-15-21(3,4)27-15)13-5-6-16(22)26-19(13)20/h5-8,10,15H,9,11H2,1-4H3/t15-/m1/s1. The first-order chi connectivity index (χ1) is 12.9. The molecule has 1 aliphatic heterocycles. The molecule has 0 amide bonds. The fraction of sp³-hybridized carbons (Fsp3) is 0.381. The Labute approximate surface area is 156 Å². The van der Waals surface area contributed by atoms with Crippen molar-refractivity contribution in [3.63, 3.8) is 0 Å². The lowest BCUT2D eigenvalue weighted by Gasteiger charge is -2.13. The first kappa shape index (κ1) is 17.7. The highest BCUT2D eigenvalue weighted by molar-refractivity contribution is 6.06. The van der Waals surface area contributed by atoms with Crippen LogP contribution in [0.25, 0.3) is 21.9 Å². The van der Waals surface area contributed by atoms with Crippen LogP contribution in [0.2, 0.25) is 0 Å². The van der Waals surface area contributed by atoms with Crippen LogP contribution in [0.3, 0.4) is 0 Å². The van der Waals surface area contributed by atoms with Gasteiger partial charge in [-0.15, -0.1) is 0 Å². The lowest BCUT2D eigenvalue weighted by Crippen LogP contribution is -2.12. The Bertz CT molecular complexity index is 1080. The van der Waals surface area contributed by atoms with Crippen molar-refractivity contribution in [3.05, 3.63) is 46.5 Å². The molecule has 142 valence electrons. The second kappa shape index (κ2) is 6.46. The molecule has 4 rings (SSSR count). The molecule has 6 nitrogen and oxygen atoms in total. The van der Waals surface area contributed by atoms with Crippen LogP contribution in [0.1, 0.15) is 27.7 Å². The number of allylic oxidation sites excluding steroid dienone is 1. The summed E-state index contributed by atoms with van der Waals surface area (Å²) in [4.78, 5) is 11.8. The Morgan fingerprint density at radius 2 is 1.85 bits per heavy atom. The lowest BCUT2D eigenvalue weighted by atomic mass is 10.1. The maximum absolute atomic E-state index is 11.8. The predicted octanol–water partition coefficient (Wildman–Crippen LogP) is 4.44. The van der Waals surface area contributed by atoms with Crippen molar-refractivity contribution < 1.29 is 23.0 Å². The molecule has 0 bridgehead atoms. The van der Waals surface area contributed by atoms with E-state index in [9.17, 15) is 4.79 Å². The van der Waals surface area contributed by atoms with Crippen LogP contribution >= 0.6 is 0 Å². The quantitative estimate of drug-likeness (QED) is 0.363. The van der Waals surface area contributed by atoms with E-state index in [2.05, 4.69) is 0 Å². The Kier molecular flexibility index (Phi) is 4.23. The molecule has 27 heavy (non-hydrogen) atoms. The van der Waals surface area contributed by atoms with Gasteiger partial charge in [-0.1, -0.05) is 5.57 Å². The molecule has 0 N–H and O–H groups in total. The second-order valence-electron chi connectivity index (χ2n) is 7.43. The summed E-state index contributed by atoms with van der Waals surface area (Å²) >= 11 is 0. The largest absolute Gasteiger partial charge is 0.489 e. The van der Waals surface area contributed by atoms with E-state index in [0.717, 1.165) is 11.0 Å². The highest BCUT2D eigenvalue weighted by atomic mass is 16.6. The van der Waals surface area contributed by atoms with Crippen molar-refractivity contribution in [2.45, 2.75) is 39.4 Å². The normalized spacial score (nSPS) is 17.9. The lowest BCUT2D eigenvalue weighted by molar-refractivity contribution is 0.257. The third-order valence-electron chi connectivity index (χ3n) is 4.66. The van der Waals surface area contributed by atoms with Gasteiger partial charge in [0.05, 0.1) is 22.6 Å². The SMILES string of the molecule is CC(C)=CCOc1c2occc2c(OC[C@H]2OC2(C)C)c2ccc(=O)oc12. The summed E-state index contributed by atoms with van der Waals surface area (Å²) in [7, 11) is 0. The third-order valence-corrected chi connectivity index (χ3v) is 4.66. The molecule has 0 spiro atoms. The van der Waals surface area contributed by atoms with Crippen LogP contribution in [0.15, 0.2) is 49.7 Å². The van der Waals surface area contributed by atoms with Gasteiger partial charge in [-0.05, 0) is 45.9 Å². The van der Waals surface area contributed by atoms with E-state index < -0.39 is 5.63 Å². The fourth-order valence-electron chi connectivity index (χ4n) is 2.98. The zero-order valence-corrected chi connectivity index (χ0v) is 15.8. The minimum absolute atomic E-state index is 0.0267. The topological polar surface area (TPSA) is 74.3 Å². The molecule has 3 aromatic rings. The molecule has 0 aliphatic carbocycles. The molecule has 0 unspecified atom stereocenters. The Morgan fingerprint density at radius 1 is 1.11 bits per heavy atom. The van der Waals surface area contributed by atoms with Gasteiger partial charge in [0.2, 0.25) is 5.75 Å². The van der Waals surface area contributed by atoms with Crippen LogP contribution in [0.4, 0.5) is 0 Å². The monoisotopic (exact) mass is 370 g/mol. The number of hydrogen-bond acceptors (Lipinski definition) is 6. The van der Waals surface area contributed by atoms with Gasteiger partial charge in [0.15, 0.2) is 11.2 Å². The van der Waals surface area contributed by atoms with Gasteiger partial charge < -0.3 is 23.0 Å². The minimum atomic E-state index is -0.460. The molecule has 1 aromatic carbocycles. The maximum Gasteiger partial charge on any atom is 0.336 e. The smallest absolute Gasteiger partial charge is 0.336 e. The van der Waals surface area contributed by atoms with E-state index in [1.54, 1.807) is 12.3 Å². The molecule has 1 fully saturated rings. The van der Waals surface area contributed by atoms with Gasteiger partial charge >= 0.3 is 5.63 Å². The van der Waals surface area contributed by atoms with Crippen molar-refractivity contribution in [3.8, 4) is 11.5 Å². The highest BCUT2D eigenvalue weighted by Crippen LogP contribution is 2.44. The number of fused-ring (bicyclic) bond motifs is 2. The average molecular weight is 370 g/mol. The summed E-state index contributed by atoms with van der Waals surface area (Å²) in [6.45, 7) is 8.76. The summed E-state index contributed by atoms with van der Waals surface area (Å²) in [5, 5.41) is 1.43. The third kappa shape index (κ3) is 3.32. The van der Waals surface area contributed by atoms with Gasteiger partial charge in [-0.3, -0.25) is 0 Å². The molecular formula is C21H22O6. The minimum Gasteiger partial charge on any atom is -0.489 e. The van der Waals surface area contributed by atoms with Crippen LogP contribution in [0, 0.1) is 0 Å². The van der Waals surface area contributed by atoms with E-state index in [0.29, 0.717) is 41.3 Å². The van der Waals surface area contributed by atoms with Gasteiger partial charge in [-0.25, -0.2) is 4.79 Å². The molecule has 6 heteroatoms. The summed E-state index contributed by atoms with van der Waals surface area (Å²) in [6, 6.07) is 4.88. The molecule has 1 aliphatic rings. The number of epoxide rings is 1. The highest BCUT2D eigenvalue weighted by Gasteiger charge is 2.48. The van der Waals surface area contributed by atoms with Crippen molar-refractivity contribution in [2.75, 3.05) is 13.2 Å². The van der Waals surface area contributed by atoms with Crippen molar-refractivity contribution >= 4 is 21.9 Å². The molecule has 0 radical (unpaired) electrons. The van der Waals surface area contributed by atoms with E-state index in [4.69, 9.17) is 23.0 Å². The molecule has 1 saturated heterocycles. The molecule has 1 atom stereocenters. The van der Waals surface area contributed by atoms with E-state index in [-0.39, 0.29) is 11.7 Å². The predicted molar refractivity (Wildman–Crippen MR) is 102 cm³/mol. The van der Waals surface area contributed by atoms with E-state index in [1.807, 2.05) is 39.8 Å². The number of ether oxygens (including phenoxy) is 3. The summed E-state index contributed by atoms with van der Waals surface area (Å²) < 4.78 is 28.7. The summed E-state index contributed by atoms with van der Waals surface area (Å²) in [5.74, 6) is 0.994. The van der Waals surface area contributed by atoms with Crippen molar-refractivity contribution in [1.82, 2.24) is 0 Å². The fourth-order valence-corrected chi connectivity index (χ4v) is 2.98. The maximum atomic E-state index is 11.8. The molecule has 3 heterocycles. The van der Waals surface area contributed by atoms with Crippen LogP contribution in [-0.2, 0) is 4.74 Å². The van der Waals surface area contributed by atoms with Gasteiger partial charge in [0.1, 0.15) is 25.1 Å². The van der Waals surface area contributed by atoms with Gasteiger partial charge in [0, 0.05) is 6.07 Å². The molecule has 0 saturated carbocycles. The number of benzene rings is 1. The average Bonchev–Trinajstić information content (AvgIpc) is 3.00. The first-order valence-corrected chi connectivity index (χ1v) is 8.90. The first-order valence-electron chi connectivity index (χ1n) is 8.90. The van der Waals surface area contributed by atoms with Crippen molar-refractivity contribution in [2.24, 2.45) is 0 Å². The molecular weight excluding hydrogens is 348 g/mol. The Hall–Kier alpha value is -2.73. The van der Waals surface area contributed by atoms with Crippen molar-refractivity contribution in [1.29, 1.82) is 0 Å². The van der Waals surface area contributed by atoms with E-state index in [1.165, 1.54) is 6.07 Å². The Balaban J connectivity index is 1.81. The number of hydrogen-bond donors (Lipinski definition) is 0. The van der Waals surface area contributed by atoms with Crippen LogP contribution in [-0.4, -0.2) is 24.9 Å². The number of furan rings is 1. The van der Waals surface area contributed by atoms with Crippen LogP contribution in [0.5, 0.6) is 11.5 Å². The number of rotatable bonds is 6. The van der Waals surface area contributed by atoms with E-state index >= 15 is 0 Å². The Morgan fingerprint density at radius 3 is 2.56 bits per heavy atom. The zero-order chi connectivity index (χ0) is 19.2. The van der Waals surface area contributed by atoms with Gasteiger partial charge in [0.25, 0.3) is 0 Å². The van der Waals surface area contributed by atoms with Gasteiger partial charge in [-0.2, -0.15) is 0 Å². The van der Waals surface area contributed by atoms with Crippen LogP contribution < -0.4 is 15.1 Å². The zero-order valence-electron chi connectivity index (χ0n) is 15.8. The summed E-state index contributed by atoms with van der Waals surface area (Å²) in [5.41, 5.74) is 1.30.